The van der Waals surface area contributed by atoms with Gasteiger partial charge in [0.05, 0.1) is 21.3 Å². The van der Waals surface area contributed by atoms with Gasteiger partial charge in [0.15, 0.2) is 23.0 Å². The lowest BCUT2D eigenvalue weighted by Crippen LogP contribution is -2.23. The van der Waals surface area contributed by atoms with Gasteiger partial charge in [-0.25, -0.2) is 0 Å². The number of aryl methyl sites for hydroxylation is 1. The number of carbonyl (C=O) groups excluding carboxylic acids is 1. The molecule has 0 spiro atoms. The number of benzene rings is 1. The van der Waals surface area contributed by atoms with Gasteiger partial charge in [-0.2, -0.15) is 4.52 Å². The molecule has 3 rings (SSSR count). The summed E-state index contributed by atoms with van der Waals surface area (Å²) in [6.07, 6.45) is 0.612. The van der Waals surface area contributed by atoms with Crippen LogP contribution in [0.4, 0.5) is 11.5 Å². The minimum absolute atomic E-state index is 0.175. The minimum atomic E-state index is -0.175. The molecule has 3 aromatic rings. The molecule has 31 heavy (non-hydrogen) atoms. The van der Waals surface area contributed by atoms with Crippen molar-refractivity contribution < 1.29 is 19.0 Å². The summed E-state index contributed by atoms with van der Waals surface area (Å²) in [5.74, 6) is 2.70. The number of hydrogen-bond acceptors (Lipinski definition) is 8. The molecule has 10 nitrogen and oxygen atoms in total. The maximum absolute atomic E-state index is 12.6. The molecule has 10 heteroatoms. The second-order valence-corrected chi connectivity index (χ2v) is 6.71. The van der Waals surface area contributed by atoms with E-state index in [1.165, 1.54) is 21.3 Å². The highest BCUT2D eigenvalue weighted by molar-refractivity contribution is 5.91. The van der Waals surface area contributed by atoms with Crippen molar-refractivity contribution >= 4 is 23.1 Å². The highest BCUT2D eigenvalue weighted by Crippen LogP contribution is 2.39. The Labute approximate surface area is 181 Å². The van der Waals surface area contributed by atoms with Gasteiger partial charge in [-0.1, -0.05) is 0 Å². The van der Waals surface area contributed by atoms with Crippen LogP contribution in [0.25, 0.3) is 5.65 Å². The summed E-state index contributed by atoms with van der Waals surface area (Å²) in [6.45, 7) is 5.86. The second kappa shape index (κ2) is 9.96. The molecule has 0 aliphatic rings. The SMILES string of the molecule is CCN(CC)c1ccc2nnc(CCC(=O)Nc3cc(OC)c(OC)c(OC)c3)n2n1. The van der Waals surface area contributed by atoms with E-state index in [4.69, 9.17) is 14.2 Å². The number of hydrogen-bond donors (Lipinski definition) is 1. The highest BCUT2D eigenvalue weighted by atomic mass is 16.5. The van der Waals surface area contributed by atoms with E-state index < -0.39 is 0 Å². The second-order valence-electron chi connectivity index (χ2n) is 6.71. The van der Waals surface area contributed by atoms with Gasteiger partial charge in [0.1, 0.15) is 5.82 Å². The molecule has 0 aliphatic carbocycles. The molecular weight excluding hydrogens is 400 g/mol. The maximum Gasteiger partial charge on any atom is 0.224 e. The number of amides is 1. The monoisotopic (exact) mass is 428 g/mol. The van der Waals surface area contributed by atoms with Crippen LogP contribution in [0.15, 0.2) is 24.3 Å². The first-order valence-corrected chi connectivity index (χ1v) is 10.1. The number of nitrogens with zero attached hydrogens (tertiary/aromatic N) is 5. The van der Waals surface area contributed by atoms with E-state index in [9.17, 15) is 4.79 Å². The summed E-state index contributed by atoms with van der Waals surface area (Å²) in [5, 5.41) is 15.9. The number of methoxy groups -OCH3 is 3. The zero-order chi connectivity index (χ0) is 22.4. The molecular formula is C21H28N6O4. The Morgan fingerprint density at radius 2 is 1.71 bits per heavy atom. The van der Waals surface area contributed by atoms with Crippen molar-refractivity contribution in [3.8, 4) is 17.2 Å². The zero-order valence-electron chi connectivity index (χ0n) is 18.5. The number of rotatable bonds is 10. The first kappa shape index (κ1) is 22.1. The van der Waals surface area contributed by atoms with Gasteiger partial charge >= 0.3 is 0 Å². The first-order valence-electron chi connectivity index (χ1n) is 10.1. The lowest BCUT2D eigenvalue weighted by Gasteiger charge is -2.19. The van der Waals surface area contributed by atoms with Crippen LogP contribution >= 0.6 is 0 Å². The van der Waals surface area contributed by atoms with Crippen LogP contribution in [0.3, 0.4) is 0 Å². The Morgan fingerprint density at radius 3 is 2.29 bits per heavy atom. The van der Waals surface area contributed by atoms with Crippen LogP contribution in [0, 0.1) is 0 Å². The van der Waals surface area contributed by atoms with Gasteiger partial charge in [0.25, 0.3) is 0 Å². The van der Waals surface area contributed by atoms with Gasteiger partial charge in [0.2, 0.25) is 11.7 Å². The molecule has 0 saturated heterocycles. The third-order valence-electron chi connectivity index (χ3n) is 4.92. The number of fused-ring (bicyclic) bond motifs is 1. The molecule has 1 N–H and O–H groups in total. The van der Waals surface area contributed by atoms with Crippen molar-refractivity contribution in [2.75, 3.05) is 44.6 Å². The van der Waals surface area contributed by atoms with Gasteiger partial charge in [0, 0.05) is 43.8 Å². The van der Waals surface area contributed by atoms with E-state index in [-0.39, 0.29) is 12.3 Å². The fourth-order valence-electron chi connectivity index (χ4n) is 3.30. The van der Waals surface area contributed by atoms with E-state index in [2.05, 4.69) is 39.4 Å². The van der Waals surface area contributed by atoms with Gasteiger partial charge in [-0.15, -0.1) is 15.3 Å². The fourth-order valence-corrected chi connectivity index (χ4v) is 3.30. The number of anilines is 2. The Hall–Kier alpha value is -3.56. The summed E-state index contributed by atoms with van der Waals surface area (Å²) in [6, 6.07) is 7.18. The lowest BCUT2D eigenvalue weighted by atomic mass is 10.2. The van der Waals surface area contributed by atoms with Crippen molar-refractivity contribution in [2.45, 2.75) is 26.7 Å². The van der Waals surface area contributed by atoms with Crippen LogP contribution in [0.1, 0.15) is 26.1 Å². The predicted octanol–water partition coefficient (Wildman–Crippen LogP) is 2.57. The average Bonchev–Trinajstić information content (AvgIpc) is 3.20. The topological polar surface area (TPSA) is 103 Å². The number of carbonyl (C=O) groups is 1. The fraction of sp³-hybridized carbons (Fsp3) is 0.429. The average molecular weight is 428 g/mol. The maximum atomic E-state index is 12.6. The molecule has 0 atom stereocenters. The number of nitrogens with one attached hydrogen (secondary N) is 1. The van der Waals surface area contributed by atoms with Gasteiger partial charge < -0.3 is 24.4 Å². The predicted molar refractivity (Wildman–Crippen MR) is 117 cm³/mol. The standard InChI is InChI=1S/C21H28N6O4/c1-6-26(7-2)19-9-8-17-23-24-18(27(17)25-19)10-11-20(28)22-14-12-15(29-3)21(31-5)16(13-14)30-4/h8-9,12-13H,6-7,10-11H2,1-5H3,(H,22,28). The third kappa shape index (κ3) is 4.79. The van der Waals surface area contributed by atoms with E-state index in [1.54, 1.807) is 16.6 Å². The molecule has 0 aliphatic heterocycles. The molecule has 0 unspecified atom stereocenters. The van der Waals surface area contributed by atoms with Crippen molar-refractivity contribution in [2.24, 2.45) is 0 Å². The van der Waals surface area contributed by atoms with Gasteiger partial charge in [-0.3, -0.25) is 4.79 Å². The molecule has 0 radical (unpaired) electrons. The molecule has 2 aromatic heterocycles. The van der Waals surface area contributed by atoms with Crippen LogP contribution in [0.2, 0.25) is 0 Å². The molecule has 1 aromatic carbocycles. The summed E-state index contributed by atoms with van der Waals surface area (Å²) in [7, 11) is 4.58. The van der Waals surface area contributed by atoms with E-state index in [1.807, 2.05) is 12.1 Å². The van der Waals surface area contributed by atoms with Crippen molar-refractivity contribution in [1.82, 2.24) is 19.8 Å². The molecule has 0 fully saturated rings. The summed E-state index contributed by atoms with van der Waals surface area (Å²) in [4.78, 5) is 14.7. The molecule has 2 heterocycles. The molecule has 0 saturated carbocycles. The van der Waals surface area contributed by atoms with Crippen LogP contribution in [0.5, 0.6) is 17.2 Å². The smallest absolute Gasteiger partial charge is 0.224 e. The normalized spacial score (nSPS) is 10.7. The van der Waals surface area contributed by atoms with Crippen molar-refractivity contribution in [3.05, 3.63) is 30.1 Å². The quantitative estimate of drug-likeness (QED) is 0.526. The van der Waals surface area contributed by atoms with E-state index >= 15 is 0 Å². The molecule has 0 bridgehead atoms. The Balaban J connectivity index is 1.72. The Kier molecular flexibility index (Phi) is 7.11. The number of aromatic nitrogens is 4. The minimum Gasteiger partial charge on any atom is -0.493 e. The van der Waals surface area contributed by atoms with E-state index in [0.717, 1.165) is 18.9 Å². The molecule has 1 amide bonds. The summed E-state index contributed by atoms with van der Waals surface area (Å²) >= 11 is 0. The van der Waals surface area contributed by atoms with Crippen LogP contribution in [-0.4, -0.2) is 60.1 Å². The van der Waals surface area contributed by atoms with Gasteiger partial charge in [-0.05, 0) is 26.0 Å². The van der Waals surface area contributed by atoms with E-state index in [0.29, 0.717) is 40.8 Å². The first-order chi connectivity index (χ1) is 15.0. The largest absolute Gasteiger partial charge is 0.493 e. The zero-order valence-corrected chi connectivity index (χ0v) is 18.5. The van der Waals surface area contributed by atoms with Crippen LogP contribution < -0.4 is 24.4 Å². The van der Waals surface area contributed by atoms with Crippen molar-refractivity contribution in [1.29, 1.82) is 0 Å². The summed E-state index contributed by atoms with van der Waals surface area (Å²) in [5.41, 5.74) is 1.20. The van der Waals surface area contributed by atoms with Crippen LogP contribution in [-0.2, 0) is 11.2 Å². The molecule has 166 valence electrons. The Morgan fingerprint density at radius 1 is 1.03 bits per heavy atom. The third-order valence-corrected chi connectivity index (χ3v) is 4.92. The van der Waals surface area contributed by atoms with Crippen molar-refractivity contribution in [3.63, 3.8) is 0 Å². The highest BCUT2D eigenvalue weighted by Gasteiger charge is 2.16. The summed E-state index contributed by atoms with van der Waals surface area (Å²) < 4.78 is 17.7. The number of ether oxygens (including phenoxy) is 3. The Bertz CT molecular complexity index is 1020. The lowest BCUT2D eigenvalue weighted by molar-refractivity contribution is -0.116.